The summed E-state index contributed by atoms with van der Waals surface area (Å²) in [6, 6.07) is 0. The van der Waals surface area contributed by atoms with Crippen LogP contribution in [0, 0.1) is 19.8 Å². The zero-order valence-electron chi connectivity index (χ0n) is 14.2. The van der Waals surface area contributed by atoms with Gasteiger partial charge in [0.15, 0.2) is 0 Å². The number of aromatic carboxylic acids is 1. The molecule has 9 heteroatoms. The average Bonchev–Trinajstić information content (AvgIpc) is 2.81. The van der Waals surface area contributed by atoms with Crippen molar-refractivity contribution in [3.8, 4) is 0 Å². The van der Waals surface area contributed by atoms with E-state index in [2.05, 4.69) is 0 Å². The topological polar surface area (TPSA) is 108 Å². The number of rotatable bonds is 4. The Bertz CT molecular complexity index is 757. The lowest BCUT2D eigenvalue weighted by Gasteiger charge is -2.34. The van der Waals surface area contributed by atoms with E-state index in [1.165, 1.54) is 18.2 Å². The van der Waals surface area contributed by atoms with E-state index in [9.17, 15) is 23.1 Å². The Balaban J connectivity index is 2.28. The normalized spacial score (nSPS) is 16.6. The molecule has 2 heterocycles. The van der Waals surface area contributed by atoms with Gasteiger partial charge in [0.1, 0.15) is 22.0 Å². The first-order valence-electron chi connectivity index (χ1n) is 7.69. The third kappa shape index (κ3) is 3.18. The van der Waals surface area contributed by atoms with Gasteiger partial charge < -0.3 is 14.4 Å². The van der Waals surface area contributed by atoms with E-state index in [0.717, 1.165) is 0 Å². The maximum absolute atomic E-state index is 12.9. The molecule has 8 nitrogen and oxygen atoms in total. The lowest BCUT2D eigenvalue weighted by molar-refractivity contribution is -0.135. The maximum atomic E-state index is 12.9. The summed E-state index contributed by atoms with van der Waals surface area (Å²) in [4.78, 5) is 24.7. The smallest absolute Gasteiger partial charge is 0.340 e. The number of hydrogen-bond donors (Lipinski definition) is 1. The third-order valence-electron chi connectivity index (χ3n) is 4.06. The van der Waals surface area contributed by atoms with Crippen LogP contribution >= 0.6 is 0 Å². The molecule has 2 rings (SSSR count). The van der Waals surface area contributed by atoms with Crippen molar-refractivity contribution in [2.24, 2.45) is 5.92 Å². The molecule has 0 spiro atoms. The number of aryl methyl sites for hydroxylation is 2. The summed E-state index contributed by atoms with van der Waals surface area (Å²) >= 11 is 0. The molecule has 1 aromatic heterocycles. The molecule has 1 fully saturated rings. The predicted octanol–water partition coefficient (Wildman–Crippen LogP) is 1.08. The number of sulfonamides is 1. The number of carboxylic acid groups (broad SMARTS) is 1. The molecule has 0 bridgehead atoms. The average molecular weight is 358 g/mol. The Morgan fingerprint density at radius 1 is 1.08 bits per heavy atom. The van der Waals surface area contributed by atoms with Crippen molar-refractivity contribution >= 4 is 21.9 Å². The van der Waals surface area contributed by atoms with Crippen LogP contribution < -0.4 is 0 Å². The van der Waals surface area contributed by atoms with E-state index in [1.54, 1.807) is 18.7 Å². The van der Waals surface area contributed by atoms with Crippen LogP contribution in [0.2, 0.25) is 0 Å². The number of carboxylic acids is 1. The molecule has 134 valence electrons. The van der Waals surface area contributed by atoms with Crippen LogP contribution in [0.25, 0.3) is 0 Å². The van der Waals surface area contributed by atoms with Crippen LogP contribution in [-0.4, -0.2) is 60.8 Å². The van der Waals surface area contributed by atoms with Crippen molar-refractivity contribution < 1.29 is 27.5 Å². The first-order chi connectivity index (χ1) is 11.1. The first-order valence-corrected chi connectivity index (χ1v) is 9.13. The largest absolute Gasteiger partial charge is 0.478 e. The number of piperazine rings is 1. The Kier molecular flexibility index (Phi) is 5.05. The molecule has 0 unspecified atom stereocenters. The highest BCUT2D eigenvalue weighted by atomic mass is 32.2. The fraction of sp³-hybridized carbons (Fsp3) is 0.600. The monoisotopic (exact) mass is 358 g/mol. The molecule has 1 amide bonds. The van der Waals surface area contributed by atoms with Gasteiger partial charge in [0.2, 0.25) is 15.9 Å². The van der Waals surface area contributed by atoms with Crippen molar-refractivity contribution in [2.45, 2.75) is 32.6 Å². The molecule has 0 radical (unpaired) electrons. The summed E-state index contributed by atoms with van der Waals surface area (Å²) < 4.78 is 32.1. The van der Waals surface area contributed by atoms with E-state index < -0.39 is 16.0 Å². The van der Waals surface area contributed by atoms with E-state index in [1.807, 2.05) is 0 Å². The molecule has 1 aliphatic heterocycles. The Morgan fingerprint density at radius 3 is 2.08 bits per heavy atom. The number of carbonyl (C=O) groups is 2. The quantitative estimate of drug-likeness (QED) is 0.863. The molecule has 24 heavy (non-hydrogen) atoms. The summed E-state index contributed by atoms with van der Waals surface area (Å²) in [6.07, 6.45) is 0. The second-order valence-corrected chi connectivity index (χ2v) is 7.98. The SMILES string of the molecule is Cc1oc(C)c(S(=O)(=O)N2CCN(C(=O)C(C)C)CC2)c1C(=O)O. The molecular weight excluding hydrogens is 336 g/mol. The van der Waals surface area contributed by atoms with Crippen LogP contribution in [0.4, 0.5) is 0 Å². The van der Waals surface area contributed by atoms with Gasteiger partial charge in [0.25, 0.3) is 0 Å². The van der Waals surface area contributed by atoms with Gasteiger partial charge in [-0.05, 0) is 13.8 Å². The number of carbonyl (C=O) groups excluding carboxylic acids is 1. The van der Waals surface area contributed by atoms with Crippen molar-refractivity contribution in [3.05, 3.63) is 17.1 Å². The van der Waals surface area contributed by atoms with Crippen molar-refractivity contribution in [3.63, 3.8) is 0 Å². The number of nitrogens with zero attached hydrogens (tertiary/aromatic N) is 2. The van der Waals surface area contributed by atoms with Gasteiger partial charge in [0.05, 0.1) is 0 Å². The molecule has 1 aliphatic rings. The molecule has 1 N–H and O–H groups in total. The van der Waals surface area contributed by atoms with E-state index in [0.29, 0.717) is 0 Å². The van der Waals surface area contributed by atoms with Gasteiger partial charge >= 0.3 is 5.97 Å². The van der Waals surface area contributed by atoms with Crippen LogP contribution in [0.15, 0.2) is 9.31 Å². The Labute approximate surface area is 141 Å². The summed E-state index contributed by atoms with van der Waals surface area (Å²) in [5, 5.41) is 9.30. The molecule has 0 saturated carbocycles. The zero-order chi connectivity index (χ0) is 18.2. The van der Waals surface area contributed by atoms with Crippen molar-refractivity contribution in [1.82, 2.24) is 9.21 Å². The number of amides is 1. The van der Waals surface area contributed by atoms with Crippen molar-refractivity contribution in [1.29, 1.82) is 0 Å². The van der Waals surface area contributed by atoms with E-state index in [-0.39, 0.29) is 60.0 Å². The van der Waals surface area contributed by atoms with Crippen LogP contribution in [-0.2, 0) is 14.8 Å². The summed E-state index contributed by atoms with van der Waals surface area (Å²) in [5.74, 6) is -1.38. The van der Waals surface area contributed by atoms with Crippen LogP contribution in [0.5, 0.6) is 0 Å². The van der Waals surface area contributed by atoms with Gasteiger partial charge in [-0.25, -0.2) is 13.2 Å². The molecule has 1 aromatic rings. The molecule has 0 atom stereocenters. The standard InChI is InChI=1S/C15H22N2O6S/c1-9(2)14(18)16-5-7-17(8-6-16)24(21,22)13-11(4)23-10(3)12(13)15(19)20/h9H,5-8H2,1-4H3,(H,19,20). The highest BCUT2D eigenvalue weighted by Gasteiger charge is 2.37. The lowest BCUT2D eigenvalue weighted by Crippen LogP contribution is -2.51. The van der Waals surface area contributed by atoms with E-state index >= 15 is 0 Å². The molecule has 1 saturated heterocycles. The van der Waals surface area contributed by atoms with Crippen LogP contribution in [0.3, 0.4) is 0 Å². The lowest BCUT2D eigenvalue weighted by atomic mass is 10.2. The molecular formula is C15H22N2O6S. The summed E-state index contributed by atoms with van der Waals surface area (Å²) in [6.45, 7) is 7.28. The number of furan rings is 1. The van der Waals surface area contributed by atoms with Gasteiger partial charge in [-0.1, -0.05) is 13.8 Å². The predicted molar refractivity (Wildman–Crippen MR) is 85.3 cm³/mol. The van der Waals surface area contributed by atoms with Gasteiger partial charge in [-0.3, -0.25) is 4.79 Å². The van der Waals surface area contributed by atoms with Crippen molar-refractivity contribution in [2.75, 3.05) is 26.2 Å². The fourth-order valence-corrected chi connectivity index (χ4v) is 4.66. The molecule has 0 aliphatic carbocycles. The summed E-state index contributed by atoms with van der Waals surface area (Å²) in [5.41, 5.74) is -0.326. The third-order valence-corrected chi connectivity index (χ3v) is 6.11. The highest BCUT2D eigenvalue weighted by molar-refractivity contribution is 7.89. The number of hydrogen-bond acceptors (Lipinski definition) is 5. The Hall–Kier alpha value is -1.87. The second-order valence-electron chi connectivity index (χ2n) is 6.11. The highest BCUT2D eigenvalue weighted by Crippen LogP contribution is 2.29. The zero-order valence-corrected chi connectivity index (χ0v) is 15.0. The van der Waals surface area contributed by atoms with Gasteiger partial charge in [-0.2, -0.15) is 4.31 Å². The van der Waals surface area contributed by atoms with Crippen LogP contribution in [0.1, 0.15) is 35.7 Å². The summed E-state index contributed by atoms with van der Waals surface area (Å²) in [7, 11) is -4.00. The first kappa shape index (κ1) is 18.5. The Morgan fingerprint density at radius 2 is 1.62 bits per heavy atom. The molecule has 0 aromatic carbocycles. The fourth-order valence-electron chi connectivity index (χ4n) is 2.86. The second kappa shape index (κ2) is 6.56. The van der Waals surface area contributed by atoms with Gasteiger partial charge in [-0.15, -0.1) is 0 Å². The maximum Gasteiger partial charge on any atom is 0.340 e. The van der Waals surface area contributed by atoms with E-state index in [4.69, 9.17) is 4.42 Å². The minimum absolute atomic E-state index is 0.0198. The minimum atomic E-state index is -4.00. The minimum Gasteiger partial charge on any atom is -0.478 e. The van der Waals surface area contributed by atoms with Gasteiger partial charge in [0, 0.05) is 32.1 Å².